The standard InChI is InChI=1S/C20H27FN6O/c1-3-18(22)24-8-4-7-23-11-14-5-6-16(10-17(14)21)27-12-15-9-13(2)25-19(15)26-20(27)28/h5-6,9-10,12,19,23,25H,3-4,7-8,11H2,1-2H3,(H2,22,24)(H,26,28). The van der Waals surface area contributed by atoms with E-state index in [1.54, 1.807) is 18.3 Å². The van der Waals surface area contributed by atoms with Gasteiger partial charge in [-0.1, -0.05) is 13.0 Å². The van der Waals surface area contributed by atoms with Crippen LogP contribution in [0.1, 0.15) is 32.3 Å². The molecule has 3 rings (SSSR count). The molecule has 0 aromatic heterocycles. The van der Waals surface area contributed by atoms with Crippen LogP contribution in [0, 0.1) is 5.82 Å². The van der Waals surface area contributed by atoms with E-state index in [1.807, 2.05) is 19.9 Å². The zero-order chi connectivity index (χ0) is 20.1. The maximum absolute atomic E-state index is 14.5. The molecule has 0 spiro atoms. The lowest BCUT2D eigenvalue weighted by molar-refractivity contribution is 0.243. The number of carbonyl (C=O) groups excluding carboxylic acids is 1. The Morgan fingerprint density at radius 2 is 2.21 bits per heavy atom. The number of rotatable bonds is 8. The molecule has 0 bridgehead atoms. The van der Waals surface area contributed by atoms with Crippen LogP contribution >= 0.6 is 0 Å². The van der Waals surface area contributed by atoms with Crippen molar-refractivity contribution in [2.24, 2.45) is 10.7 Å². The number of amides is 2. The second-order valence-corrected chi connectivity index (χ2v) is 6.89. The van der Waals surface area contributed by atoms with Crippen LogP contribution in [0.15, 0.2) is 46.7 Å². The van der Waals surface area contributed by atoms with Crippen LogP contribution in [-0.2, 0) is 6.54 Å². The highest BCUT2D eigenvalue weighted by atomic mass is 19.1. The number of amidine groups is 1. The van der Waals surface area contributed by atoms with Crippen molar-refractivity contribution in [1.82, 2.24) is 16.0 Å². The summed E-state index contributed by atoms with van der Waals surface area (Å²) in [5.74, 6) is 0.312. The smallest absolute Gasteiger partial charge is 0.327 e. The molecule has 0 fully saturated rings. The Morgan fingerprint density at radius 1 is 1.39 bits per heavy atom. The minimum atomic E-state index is -0.345. The maximum atomic E-state index is 14.5. The van der Waals surface area contributed by atoms with E-state index in [0.29, 0.717) is 30.2 Å². The lowest BCUT2D eigenvalue weighted by Gasteiger charge is -2.29. The second-order valence-electron chi connectivity index (χ2n) is 6.89. The maximum Gasteiger partial charge on any atom is 0.327 e. The van der Waals surface area contributed by atoms with Crippen LogP contribution in [0.4, 0.5) is 14.9 Å². The van der Waals surface area contributed by atoms with E-state index >= 15 is 0 Å². The van der Waals surface area contributed by atoms with Gasteiger partial charge in [-0.3, -0.25) is 9.89 Å². The molecule has 2 aliphatic heterocycles. The highest BCUT2D eigenvalue weighted by molar-refractivity contribution is 5.96. The fourth-order valence-electron chi connectivity index (χ4n) is 3.10. The molecule has 2 amide bonds. The van der Waals surface area contributed by atoms with Gasteiger partial charge in [0, 0.05) is 42.5 Å². The molecule has 150 valence electrons. The lowest BCUT2D eigenvalue weighted by Crippen LogP contribution is -2.51. The largest absolute Gasteiger partial charge is 0.387 e. The highest BCUT2D eigenvalue weighted by Gasteiger charge is 2.29. The predicted octanol–water partition coefficient (Wildman–Crippen LogP) is 2.32. The van der Waals surface area contributed by atoms with E-state index in [9.17, 15) is 9.18 Å². The molecule has 8 heteroatoms. The fourth-order valence-corrected chi connectivity index (χ4v) is 3.10. The molecular weight excluding hydrogens is 359 g/mol. The summed E-state index contributed by atoms with van der Waals surface area (Å²) in [5, 5.41) is 9.23. The van der Waals surface area contributed by atoms with Crippen molar-refractivity contribution in [2.75, 3.05) is 18.0 Å². The number of allylic oxidation sites excluding steroid dienone is 1. The molecule has 1 unspecified atom stereocenters. The summed E-state index contributed by atoms with van der Waals surface area (Å²) in [7, 11) is 0. The van der Waals surface area contributed by atoms with Crippen molar-refractivity contribution in [3.05, 3.63) is 53.1 Å². The Labute approximate surface area is 164 Å². The SMILES string of the molecule is CCC(N)=NCCCNCc1ccc(N2C=C3C=C(C)NC3NC2=O)cc1F. The highest BCUT2D eigenvalue weighted by Crippen LogP contribution is 2.25. The Kier molecular flexibility index (Phi) is 6.30. The minimum absolute atomic E-state index is 0.214. The number of halogens is 1. The zero-order valence-electron chi connectivity index (χ0n) is 16.3. The first-order chi connectivity index (χ1) is 13.5. The molecular formula is C20H27FN6O. The number of fused-ring (bicyclic) bond motifs is 1. The summed E-state index contributed by atoms with van der Waals surface area (Å²) in [4.78, 5) is 18.0. The monoisotopic (exact) mass is 386 g/mol. The van der Waals surface area contributed by atoms with Gasteiger partial charge in [0.15, 0.2) is 0 Å². The average molecular weight is 386 g/mol. The first kappa shape index (κ1) is 19.9. The molecule has 28 heavy (non-hydrogen) atoms. The van der Waals surface area contributed by atoms with Crippen LogP contribution in [0.5, 0.6) is 0 Å². The number of anilines is 1. The number of nitrogens with two attached hydrogens (primary N) is 1. The molecule has 0 radical (unpaired) electrons. The number of nitrogens with zero attached hydrogens (tertiary/aromatic N) is 2. The van der Waals surface area contributed by atoms with Crippen LogP contribution in [0.2, 0.25) is 0 Å². The molecule has 2 aliphatic rings. The summed E-state index contributed by atoms with van der Waals surface area (Å²) in [6.07, 6.45) is 5.08. The van der Waals surface area contributed by atoms with Crippen molar-refractivity contribution in [3.63, 3.8) is 0 Å². The molecule has 5 N–H and O–H groups in total. The van der Waals surface area contributed by atoms with Crippen LogP contribution in [0.25, 0.3) is 0 Å². The van der Waals surface area contributed by atoms with Crippen molar-refractivity contribution >= 4 is 17.6 Å². The summed E-state index contributed by atoms with van der Waals surface area (Å²) >= 11 is 0. The molecule has 7 nitrogen and oxygen atoms in total. The molecule has 0 aliphatic carbocycles. The summed E-state index contributed by atoms with van der Waals surface area (Å²) in [6, 6.07) is 4.56. The van der Waals surface area contributed by atoms with E-state index in [2.05, 4.69) is 20.9 Å². The average Bonchev–Trinajstić information content (AvgIpc) is 3.03. The van der Waals surface area contributed by atoms with Gasteiger partial charge in [-0.15, -0.1) is 0 Å². The van der Waals surface area contributed by atoms with Crippen LogP contribution in [0.3, 0.4) is 0 Å². The number of aliphatic imine (C=N–C) groups is 1. The summed E-state index contributed by atoms with van der Waals surface area (Å²) in [5.41, 5.74) is 8.63. The Bertz CT molecular complexity index is 832. The van der Waals surface area contributed by atoms with Crippen LogP contribution < -0.4 is 26.6 Å². The Hall–Kier alpha value is -2.87. The van der Waals surface area contributed by atoms with Crippen molar-refractivity contribution < 1.29 is 9.18 Å². The fraction of sp³-hybridized carbons (Fsp3) is 0.400. The van der Waals surface area contributed by atoms with Gasteiger partial charge in [0.2, 0.25) is 0 Å². The normalized spacial score (nSPS) is 19.0. The number of hydrogen-bond donors (Lipinski definition) is 4. The zero-order valence-corrected chi connectivity index (χ0v) is 16.3. The quantitative estimate of drug-likeness (QED) is 0.313. The lowest BCUT2D eigenvalue weighted by atomic mass is 10.1. The van der Waals surface area contributed by atoms with E-state index in [4.69, 9.17) is 5.73 Å². The topological polar surface area (TPSA) is 94.8 Å². The number of hydrogen-bond acceptors (Lipinski definition) is 4. The molecule has 1 aromatic carbocycles. The van der Waals surface area contributed by atoms with Gasteiger partial charge in [-0.05, 0) is 38.1 Å². The molecule has 0 saturated heterocycles. The van der Waals surface area contributed by atoms with Gasteiger partial charge in [0.05, 0.1) is 11.5 Å². The first-order valence-electron chi connectivity index (χ1n) is 9.52. The second kappa shape index (κ2) is 8.88. The van der Waals surface area contributed by atoms with Gasteiger partial charge in [0.1, 0.15) is 12.0 Å². The number of carbonyl (C=O) groups is 1. The van der Waals surface area contributed by atoms with Crippen molar-refractivity contribution in [1.29, 1.82) is 0 Å². The van der Waals surface area contributed by atoms with Gasteiger partial charge in [0.25, 0.3) is 0 Å². The van der Waals surface area contributed by atoms with Crippen molar-refractivity contribution in [2.45, 2.75) is 39.4 Å². The Balaban J connectivity index is 1.57. The van der Waals surface area contributed by atoms with E-state index in [1.165, 1.54) is 11.0 Å². The van der Waals surface area contributed by atoms with Gasteiger partial charge >= 0.3 is 6.03 Å². The Morgan fingerprint density at radius 3 is 2.96 bits per heavy atom. The van der Waals surface area contributed by atoms with Gasteiger partial charge < -0.3 is 21.7 Å². The van der Waals surface area contributed by atoms with Gasteiger partial charge in [-0.25, -0.2) is 9.18 Å². The number of nitrogens with one attached hydrogen (secondary N) is 3. The van der Waals surface area contributed by atoms with E-state index < -0.39 is 0 Å². The van der Waals surface area contributed by atoms with E-state index in [0.717, 1.165) is 30.7 Å². The van der Waals surface area contributed by atoms with Gasteiger partial charge in [-0.2, -0.15) is 0 Å². The van der Waals surface area contributed by atoms with Crippen molar-refractivity contribution in [3.8, 4) is 0 Å². The number of urea groups is 1. The van der Waals surface area contributed by atoms with Crippen LogP contribution in [-0.4, -0.2) is 31.1 Å². The predicted molar refractivity (Wildman–Crippen MR) is 109 cm³/mol. The van der Waals surface area contributed by atoms with E-state index in [-0.39, 0.29) is 18.0 Å². The third-order valence-electron chi connectivity index (χ3n) is 4.67. The molecule has 1 atom stereocenters. The third-order valence-corrected chi connectivity index (χ3v) is 4.67. The molecule has 0 saturated carbocycles. The number of benzene rings is 1. The minimum Gasteiger partial charge on any atom is -0.387 e. The summed E-state index contributed by atoms with van der Waals surface area (Å²) < 4.78 is 14.5. The summed E-state index contributed by atoms with van der Waals surface area (Å²) in [6.45, 7) is 5.70. The molecule has 2 heterocycles. The third kappa shape index (κ3) is 4.69. The first-order valence-corrected chi connectivity index (χ1v) is 9.52. The molecule has 1 aromatic rings.